The Hall–Kier alpha value is -3.43. The zero-order valence-electron chi connectivity index (χ0n) is 22.1. The first-order valence-corrected chi connectivity index (χ1v) is 14.1. The number of likely N-dealkylation sites (tertiary alicyclic amines) is 1. The highest BCUT2D eigenvalue weighted by atomic mass is 16.5. The van der Waals surface area contributed by atoms with Gasteiger partial charge in [-0.3, -0.25) is 24.6 Å². The van der Waals surface area contributed by atoms with Crippen molar-refractivity contribution in [1.29, 1.82) is 0 Å². The van der Waals surface area contributed by atoms with E-state index in [1.54, 1.807) is 4.90 Å². The number of morpholine rings is 1. The zero-order valence-corrected chi connectivity index (χ0v) is 22.1. The molecule has 0 aromatic heterocycles. The summed E-state index contributed by atoms with van der Waals surface area (Å²) in [6.07, 6.45) is 2.63. The van der Waals surface area contributed by atoms with Gasteiger partial charge in [-0.05, 0) is 56.1 Å². The third-order valence-electron chi connectivity index (χ3n) is 9.24. The van der Waals surface area contributed by atoms with Crippen molar-refractivity contribution in [2.45, 2.75) is 50.2 Å². The summed E-state index contributed by atoms with van der Waals surface area (Å²) in [7, 11) is 0. The number of carbonyl (C=O) groups is 3. The second-order valence-corrected chi connectivity index (χ2v) is 11.5. The van der Waals surface area contributed by atoms with Gasteiger partial charge in [0.1, 0.15) is 11.8 Å². The van der Waals surface area contributed by atoms with E-state index in [0.717, 1.165) is 70.1 Å². The summed E-state index contributed by atoms with van der Waals surface area (Å²) in [6.45, 7) is 7.35. The number of anilines is 1. The molecule has 0 radical (unpaired) electrons. The quantitative estimate of drug-likeness (QED) is 0.606. The molecule has 7 rings (SSSR count). The Kier molecular flexibility index (Phi) is 6.08. The molecule has 204 valence electrons. The molecule has 1 N–H and O–H groups in total. The number of nitrogens with zero attached hydrogens (tertiary/aromatic N) is 3. The summed E-state index contributed by atoms with van der Waals surface area (Å²) in [4.78, 5) is 43.8. The minimum atomic E-state index is -0.612. The SMILES string of the molecule is O=C1CCC(N2Cc3c(ccc4c3OCC43CCN(Cc4cccc(N5CCOCC5)c4)CC3)C2=O)C(=O)N1. The molecule has 3 amide bonds. The Morgan fingerprint density at radius 3 is 2.62 bits per heavy atom. The molecule has 9 heteroatoms. The molecule has 9 nitrogen and oxygen atoms in total. The fraction of sp³-hybridized carbons (Fsp3) is 0.500. The van der Waals surface area contributed by atoms with Crippen LogP contribution in [-0.4, -0.2) is 79.6 Å². The maximum atomic E-state index is 13.2. The second-order valence-electron chi connectivity index (χ2n) is 11.5. The molecule has 5 aliphatic rings. The van der Waals surface area contributed by atoms with Crippen LogP contribution in [0.5, 0.6) is 5.75 Å². The number of amides is 3. The first-order valence-electron chi connectivity index (χ1n) is 14.1. The fourth-order valence-corrected chi connectivity index (χ4v) is 6.97. The third-order valence-corrected chi connectivity index (χ3v) is 9.24. The number of hydrogen-bond acceptors (Lipinski definition) is 7. The Balaban J connectivity index is 1.04. The molecule has 2 aromatic carbocycles. The van der Waals surface area contributed by atoms with Gasteiger partial charge in [-0.2, -0.15) is 0 Å². The van der Waals surface area contributed by atoms with Gasteiger partial charge in [-0.1, -0.05) is 18.2 Å². The summed E-state index contributed by atoms with van der Waals surface area (Å²) < 4.78 is 11.8. The van der Waals surface area contributed by atoms with Gasteiger partial charge in [-0.25, -0.2) is 0 Å². The number of ether oxygens (including phenoxy) is 2. The lowest BCUT2D eigenvalue weighted by atomic mass is 9.74. The molecule has 2 aromatic rings. The van der Waals surface area contributed by atoms with Crippen LogP contribution < -0.4 is 15.0 Å². The highest BCUT2D eigenvalue weighted by Crippen LogP contribution is 2.49. The average Bonchev–Trinajstić information content (AvgIpc) is 3.48. The molecular weight excluding hydrogens is 496 g/mol. The molecule has 1 atom stereocenters. The molecule has 5 aliphatic heterocycles. The first-order chi connectivity index (χ1) is 19.0. The van der Waals surface area contributed by atoms with Crippen LogP contribution in [0.15, 0.2) is 36.4 Å². The van der Waals surface area contributed by atoms with Crippen molar-refractivity contribution in [1.82, 2.24) is 15.1 Å². The van der Waals surface area contributed by atoms with E-state index in [-0.39, 0.29) is 29.6 Å². The van der Waals surface area contributed by atoms with E-state index in [1.807, 2.05) is 6.07 Å². The van der Waals surface area contributed by atoms with Crippen molar-refractivity contribution in [3.05, 3.63) is 58.7 Å². The van der Waals surface area contributed by atoms with Crippen LogP contribution >= 0.6 is 0 Å². The molecule has 3 fully saturated rings. The minimum absolute atomic E-state index is 0.0401. The van der Waals surface area contributed by atoms with Gasteiger partial charge in [0.2, 0.25) is 11.8 Å². The maximum Gasteiger partial charge on any atom is 0.255 e. The predicted molar refractivity (Wildman–Crippen MR) is 144 cm³/mol. The number of carbonyl (C=O) groups excluding carboxylic acids is 3. The summed E-state index contributed by atoms with van der Waals surface area (Å²) in [6, 6.07) is 12.3. The highest BCUT2D eigenvalue weighted by Gasteiger charge is 2.47. The number of rotatable bonds is 4. The van der Waals surface area contributed by atoms with Crippen molar-refractivity contribution < 1.29 is 23.9 Å². The molecule has 1 spiro atoms. The lowest BCUT2D eigenvalue weighted by molar-refractivity contribution is -0.136. The maximum absolute atomic E-state index is 13.2. The smallest absolute Gasteiger partial charge is 0.255 e. The van der Waals surface area contributed by atoms with Gasteiger partial charge in [0.05, 0.1) is 26.4 Å². The third kappa shape index (κ3) is 4.28. The number of fused-ring (bicyclic) bond motifs is 4. The Bertz CT molecular complexity index is 1330. The molecular formula is C30H34N4O5. The van der Waals surface area contributed by atoms with Crippen LogP contribution in [0.25, 0.3) is 0 Å². The second kappa shape index (κ2) is 9.64. The topological polar surface area (TPSA) is 91.4 Å². The fourth-order valence-electron chi connectivity index (χ4n) is 6.97. The number of imide groups is 1. The molecule has 5 heterocycles. The number of hydrogen-bond donors (Lipinski definition) is 1. The number of benzene rings is 2. The van der Waals surface area contributed by atoms with E-state index in [4.69, 9.17) is 9.47 Å². The molecule has 0 aliphatic carbocycles. The van der Waals surface area contributed by atoms with Crippen LogP contribution in [0, 0.1) is 0 Å². The van der Waals surface area contributed by atoms with E-state index in [2.05, 4.69) is 45.4 Å². The summed E-state index contributed by atoms with van der Waals surface area (Å²) >= 11 is 0. The van der Waals surface area contributed by atoms with E-state index in [1.165, 1.54) is 16.8 Å². The van der Waals surface area contributed by atoms with Gasteiger partial charge in [0.25, 0.3) is 5.91 Å². The normalized spacial score (nSPS) is 24.5. The molecule has 3 saturated heterocycles. The van der Waals surface area contributed by atoms with Crippen LogP contribution in [0.3, 0.4) is 0 Å². The Morgan fingerprint density at radius 2 is 1.82 bits per heavy atom. The molecule has 0 saturated carbocycles. The van der Waals surface area contributed by atoms with Crippen molar-refractivity contribution in [3.63, 3.8) is 0 Å². The number of nitrogens with one attached hydrogen (secondary N) is 1. The average molecular weight is 531 g/mol. The van der Waals surface area contributed by atoms with E-state index >= 15 is 0 Å². The Morgan fingerprint density at radius 1 is 1.00 bits per heavy atom. The van der Waals surface area contributed by atoms with Gasteiger partial charge in [-0.15, -0.1) is 0 Å². The lowest BCUT2D eigenvalue weighted by Gasteiger charge is -2.38. The number of piperidine rings is 2. The van der Waals surface area contributed by atoms with E-state index in [9.17, 15) is 14.4 Å². The van der Waals surface area contributed by atoms with Gasteiger partial charge >= 0.3 is 0 Å². The predicted octanol–water partition coefficient (Wildman–Crippen LogP) is 2.21. The van der Waals surface area contributed by atoms with Crippen LogP contribution in [0.1, 0.15) is 52.7 Å². The van der Waals surface area contributed by atoms with Crippen LogP contribution in [0.4, 0.5) is 5.69 Å². The van der Waals surface area contributed by atoms with Gasteiger partial charge in [0.15, 0.2) is 0 Å². The largest absolute Gasteiger partial charge is 0.492 e. The molecule has 39 heavy (non-hydrogen) atoms. The summed E-state index contributed by atoms with van der Waals surface area (Å²) in [5.74, 6) is 0.0234. The van der Waals surface area contributed by atoms with Crippen molar-refractivity contribution in [3.8, 4) is 5.75 Å². The zero-order chi connectivity index (χ0) is 26.6. The lowest BCUT2D eigenvalue weighted by Crippen LogP contribution is -2.52. The van der Waals surface area contributed by atoms with Crippen molar-refractivity contribution in [2.75, 3.05) is 50.9 Å². The van der Waals surface area contributed by atoms with Crippen molar-refractivity contribution >= 4 is 23.4 Å². The summed E-state index contributed by atoms with van der Waals surface area (Å²) in [5, 5.41) is 2.38. The monoisotopic (exact) mass is 530 g/mol. The Labute approximate surface area is 228 Å². The van der Waals surface area contributed by atoms with Crippen LogP contribution in [-0.2, 0) is 32.8 Å². The van der Waals surface area contributed by atoms with Gasteiger partial charge in [0, 0.05) is 53.8 Å². The van der Waals surface area contributed by atoms with Crippen LogP contribution in [0.2, 0.25) is 0 Å². The highest BCUT2D eigenvalue weighted by molar-refractivity contribution is 6.05. The van der Waals surface area contributed by atoms with E-state index < -0.39 is 6.04 Å². The van der Waals surface area contributed by atoms with Gasteiger partial charge < -0.3 is 19.3 Å². The summed E-state index contributed by atoms with van der Waals surface area (Å²) in [5.41, 5.74) is 5.28. The molecule has 0 bridgehead atoms. The first kappa shape index (κ1) is 24.6. The van der Waals surface area contributed by atoms with E-state index in [0.29, 0.717) is 25.1 Å². The standard InChI is InChI=1S/C30H34N4O5/c35-26-7-6-25(28(36)31-26)34-18-23-22(29(34)37)4-5-24-27(23)39-19-30(24)8-10-32(11-9-30)17-20-2-1-3-21(16-20)33-12-14-38-15-13-33/h1-5,16,25H,6-15,17-19H2,(H,31,35,36). The minimum Gasteiger partial charge on any atom is -0.492 e. The molecule has 1 unspecified atom stereocenters. The van der Waals surface area contributed by atoms with Crippen molar-refractivity contribution in [2.24, 2.45) is 0 Å².